The van der Waals surface area contributed by atoms with Crippen LogP contribution in [0.15, 0.2) is 23.6 Å². The SMILES string of the molecule is Cc1cc(C(=O)NCCNC(=O)C(C)C)c(C)n1Cc1cccs1. The maximum absolute atomic E-state index is 12.4. The Morgan fingerprint density at radius 3 is 2.54 bits per heavy atom. The monoisotopic (exact) mass is 347 g/mol. The minimum absolute atomic E-state index is 0.00150. The summed E-state index contributed by atoms with van der Waals surface area (Å²) in [6.45, 7) is 9.32. The third-order valence-electron chi connectivity index (χ3n) is 3.95. The molecule has 0 aliphatic rings. The van der Waals surface area contributed by atoms with Gasteiger partial charge in [0.25, 0.3) is 5.91 Å². The van der Waals surface area contributed by atoms with Crippen molar-refractivity contribution in [2.75, 3.05) is 13.1 Å². The summed E-state index contributed by atoms with van der Waals surface area (Å²) in [5.41, 5.74) is 2.73. The molecule has 2 aromatic heterocycles. The molecule has 2 aromatic rings. The molecule has 0 radical (unpaired) electrons. The first-order valence-electron chi connectivity index (χ1n) is 8.15. The number of hydrogen-bond donors (Lipinski definition) is 2. The maximum Gasteiger partial charge on any atom is 0.253 e. The lowest BCUT2D eigenvalue weighted by Crippen LogP contribution is -2.36. The number of hydrogen-bond acceptors (Lipinski definition) is 3. The van der Waals surface area contributed by atoms with Gasteiger partial charge in [-0.3, -0.25) is 9.59 Å². The van der Waals surface area contributed by atoms with Crippen LogP contribution >= 0.6 is 11.3 Å². The lowest BCUT2D eigenvalue weighted by atomic mass is 10.2. The van der Waals surface area contributed by atoms with Gasteiger partial charge in [-0.15, -0.1) is 11.3 Å². The summed E-state index contributed by atoms with van der Waals surface area (Å²) >= 11 is 1.71. The normalized spacial score (nSPS) is 10.9. The average Bonchev–Trinajstić information content (AvgIpc) is 3.14. The van der Waals surface area contributed by atoms with Crippen molar-refractivity contribution < 1.29 is 9.59 Å². The molecule has 2 rings (SSSR count). The Kier molecular flexibility index (Phi) is 6.20. The second kappa shape index (κ2) is 8.15. The summed E-state index contributed by atoms with van der Waals surface area (Å²) in [5.74, 6) is -0.144. The van der Waals surface area contributed by atoms with E-state index >= 15 is 0 Å². The highest BCUT2D eigenvalue weighted by Crippen LogP contribution is 2.19. The van der Waals surface area contributed by atoms with E-state index in [0.29, 0.717) is 18.7 Å². The molecule has 0 aliphatic heterocycles. The number of carbonyl (C=O) groups is 2. The third-order valence-corrected chi connectivity index (χ3v) is 4.81. The maximum atomic E-state index is 12.4. The molecule has 0 aliphatic carbocycles. The molecule has 0 spiro atoms. The molecule has 0 bridgehead atoms. The number of carbonyl (C=O) groups excluding carboxylic acids is 2. The van der Waals surface area contributed by atoms with Crippen molar-refractivity contribution in [3.63, 3.8) is 0 Å². The third kappa shape index (κ3) is 4.47. The average molecular weight is 347 g/mol. The number of amides is 2. The van der Waals surface area contributed by atoms with Crippen molar-refractivity contribution in [3.8, 4) is 0 Å². The zero-order valence-electron chi connectivity index (χ0n) is 14.7. The Labute approximate surface area is 147 Å². The zero-order chi connectivity index (χ0) is 17.7. The predicted molar refractivity (Wildman–Crippen MR) is 97.5 cm³/mol. The molecular formula is C18H25N3O2S. The van der Waals surface area contributed by atoms with Gasteiger partial charge in [0, 0.05) is 35.3 Å². The van der Waals surface area contributed by atoms with Crippen LogP contribution in [0.3, 0.4) is 0 Å². The van der Waals surface area contributed by atoms with Crippen LogP contribution < -0.4 is 10.6 Å². The molecule has 130 valence electrons. The summed E-state index contributed by atoms with van der Waals surface area (Å²) in [6.07, 6.45) is 0. The van der Waals surface area contributed by atoms with Gasteiger partial charge in [-0.1, -0.05) is 19.9 Å². The highest BCUT2D eigenvalue weighted by atomic mass is 32.1. The van der Waals surface area contributed by atoms with Gasteiger partial charge in [0.15, 0.2) is 0 Å². The number of aryl methyl sites for hydroxylation is 1. The van der Waals surface area contributed by atoms with Crippen molar-refractivity contribution in [2.45, 2.75) is 34.2 Å². The van der Waals surface area contributed by atoms with Gasteiger partial charge in [0.2, 0.25) is 5.91 Å². The quantitative estimate of drug-likeness (QED) is 0.757. The highest BCUT2D eigenvalue weighted by molar-refractivity contribution is 7.09. The second-order valence-electron chi connectivity index (χ2n) is 6.15. The van der Waals surface area contributed by atoms with Gasteiger partial charge >= 0.3 is 0 Å². The fourth-order valence-corrected chi connectivity index (χ4v) is 3.19. The Hall–Kier alpha value is -2.08. The first kappa shape index (κ1) is 18.3. The van der Waals surface area contributed by atoms with Crippen LogP contribution in [-0.2, 0) is 11.3 Å². The molecule has 0 unspecified atom stereocenters. The fraction of sp³-hybridized carbons (Fsp3) is 0.444. The second-order valence-corrected chi connectivity index (χ2v) is 7.18. The van der Waals surface area contributed by atoms with Crippen molar-refractivity contribution in [3.05, 3.63) is 45.4 Å². The molecule has 0 saturated heterocycles. The smallest absolute Gasteiger partial charge is 0.253 e. The number of aromatic nitrogens is 1. The minimum Gasteiger partial charge on any atom is -0.354 e. The van der Waals surface area contributed by atoms with Crippen LogP contribution in [0, 0.1) is 19.8 Å². The van der Waals surface area contributed by atoms with Crippen molar-refractivity contribution in [2.24, 2.45) is 5.92 Å². The van der Waals surface area contributed by atoms with Crippen molar-refractivity contribution in [1.82, 2.24) is 15.2 Å². The van der Waals surface area contributed by atoms with E-state index in [2.05, 4.69) is 26.6 Å². The van der Waals surface area contributed by atoms with E-state index in [4.69, 9.17) is 0 Å². The van der Waals surface area contributed by atoms with Crippen LogP contribution in [0.25, 0.3) is 0 Å². The Balaban J connectivity index is 1.94. The molecule has 0 fully saturated rings. The van der Waals surface area contributed by atoms with Gasteiger partial charge < -0.3 is 15.2 Å². The number of rotatable bonds is 7. The Bertz CT molecular complexity index is 702. The summed E-state index contributed by atoms with van der Waals surface area (Å²) in [4.78, 5) is 25.1. The van der Waals surface area contributed by atoms with Gasteiger partial charge in [-0.2, -0.15) is 0 Å². The van der Waals surface area contributed by atoms with Crippen LogP contribution in [0.1, 0.15) is 40.5 Å². The van der Waals surface area contributed by atoms with E-state index < -0.39 is 0 Å². The minimum atomic E-state index is -0.0978. The molecule has 6 heteroatoms. The van der Waals surface area contributed by atoms with Gasteiger partial charge in [-0.25, -0.2) is 0 Å². The van der Waals surface area contributed by atoms with Crippen LogP contribution in [-0.4, -0.2) is 29.5 Å². The largest absolute Gasteiger partial charge is 0.354 e. The lowest BCUT2D eigenvalue weighted by Gasteiger charge is -2.10. The Morgan fingerprint density at radius 2 is 1.92 bits per heavy atom. The van der Waals surface area contributed by atoms with Crippen LogP contribution in [0.2, 0.25) is 0 Å². The van der Waals surface area contributed by atoms with E-state index in [1.807, 2.05) is 39.8 Å². The Morgan fingerprint density at radius 1 is 1.21 bits per heavy atom. The van der Waals surface area contributed by atoms with Crippen LogP contribution in [0.4, 0.5) is 0 Å². The molecule has 5 nitrogen and oxygen atoms in total. The molecule has 2 N–H and O–H groups in total. The van der Waals surface area contributed by atoms with E-state index in [1.165, 1.54) is 4.88 Å². The molecule has 2 amide bonds. The highest BCUT2D eigenvalue weighted by Gasteiger charge is 2.16. The number of nitrogens with one attached hydrogen (secondary N) is 2. The number of nitrogens with zero attached hydrogens (tertiary/aromatic N) is 1. The standard InChI is InChI=1S/C18H25N3O2S/c1-12(2)17(22)19-7-8-20-18(23)16-10-13(3)21(14(16)4)11-15-6-5-9-24-15/h5-6,9-10,12H,7-8,11H2,1-4H3,(H,19,22)(H,20,23). The van der Waals surface area contributed by atoms with Crippen molar-refractivity contribution >= 4 is 23.2 Å². The van der Waals surface area contributed by atoms with Gasteiger partial charge in [-0.05, 0) is 31.4 Å². The van der Waals surface area contributed by atoms with E-state index in [0.717, 1.165) is 17.9 Å². The van der Waals surface area contributed by atoms with E-state index in [1.54, 1.807) is 11.3 Å². The summed E-state index contributed by atoms with van der Waals surface area (Å²) < 4.78 is 2.15. The molecule has 0 aromatic carbocycles. The summed E-state index contributed by atoms with van der Waals surface area (Å²) in [5, 5.41) is 7.72. The summed E-state index contributed by atoms with van der Waals surface area (Å²) in [7, 11) is 0. The number of thiophene rings is 1. The first-order valence-corrected chi connectivity index (χ1v) is 9.03. The topological polar surface area (TPSA) is 63.1 Å². The summed E-state index contributed by atoms with van der Waals surface area (Å²) in [6, 6.07) is 6.05. The lowest BCUT2D eigenvalue weighted by molar-refractivity contribution is -0.123. The predicted octanol–water partition coefficient (Wildman–Crippen LogP) is 2.72. The van der Waals surface area contributed by atoms with Crippen LogP contribution in [0.5, 0.6) is 0 Å². The van der Waals surface area contributed by atoms with Gasteiger partial charge in [0.05, 0.1) is 12.1 Å². The molecule has 24 heavy (non-hydrogen) atoms. The molecule has 0 atom stereocenters. The fourth-order valence-electron chi connectivity index (χ4n) is 2.49. The molecule has 2 heterocycles. The van der Waals surface area contributed by atoms with E-state index in [-0.39, 0.29) is 17.7 Å². The zero-order valence-corrected chi connectivity index (χ0v) is 15.5. The molecule has 0 saturated carbocycles. The first-order chi connectivity index (χ1) is 11.4. The molecular weight excluding hydrogens is 322 g/mol. The van der Waals surface area contributed by atoms with Crippen molar-refractivity contribution in [1.29, 1.82) is 0 Å². The van der Waals surface area contributed by atoms with Gasteiger partial charge in [0.1, 0.15) is 0 Å². The van der Waals surface area contributed by atoms with E-state index in [9.17, 15) is 9.59 Å².